The van der Waals surface area contributed by atoms with Crippen LogP contribution in [0.25, 0.3) is 11.1 Å². The first-order chi connectivity index (χ1) is 23.2. The predicted molar refractivity (Wildman–Crippen MR) is 178 cm³/mol. The third-order valence-electron chi connectivity index (χ3n) is 7.94. The zero-order valence-corrected chi connectivity index (χ0v) is 27.1. The van der Waals surface area contributed by atoms with E-state index in [1.54, 1.807) is 45.3 Å². The molecule has 0 bridgehead atoms. The summed E-state index contributed by atoms with van der Waals surface area (Å²) in [6.45, 7) is 3.49. The number of aromatic nitrogens is 2. The first-order valence-corrected chi connectivity index (χ1v) is 15.6. The van der Waals surface area contributed by atoms with Crippen LogP contribution >= 0.6 is 11.8 Å². The molecule has 2 aromatic heterocycles. The van der Waals surface area contributed by atoms with Gasteiger partial charge in [0.05, 0.1) is 16.3 Å². The van der Waals surface area contributed by atoms with E-state index >= 15 is 0 Å². The number of nitrogens with one attached hydrogen (secondary N) is 3. The van der Waals surface area contributed by atoms with Gasteiger partial charge in [-0.25, -0.2) is 4.79 Å². The molecule has 4 N–H and O–H groups in total. The second kappa shape index (κ2) is 13.6. The van der Waals surface area contributed by atoms with Gasteiger partial charge in [-0.15, -0.1) is 11.8 Å². The molecule has 2 saturated heterocycles. The Labute approximate surface area is 282 Å². The van der Waals surface area contributed by atoms with Gasteiger partial charge in [0.15, 0.2) is 0 Å². The maximum absolute atomic E-state index is 12.3. The van der Waals surface area contributed by atoms with Crippen LogP contribution in [0, 0.1) is 10.1 Å². The molecule has 0 unspecified atom stereocenters. The number of carbonyl (C=O) groups excluding carboxylic acids is 5. The molecule has 2 aliphatic heterocycles. The van der Waals surface area contributed by atoms with Gasteiger partial charge in [0.2, 0.25) is 5.91 Å². The van der Waals surface area contributed by atoms with Crippen LogP contribution in [0.5, 0.6) is 0 Å². The maximum atomic E-state index is 12.3. The number of benzene rings is 2. The Kier molecular flexibility index (Phi) is 9.52. The average Bonchev–Trinajstić information content (AvgIpc) is 3.82. The smallest absolute Gasteiger partial charge is 0.327 e. The monoisotopic (exact) mass is 686 g/mol. The Morgan fingerprint density at radius 2 is 1.65 bits per heavy atom. The molecule has 0 spiro atoms. The lowest BCUT2D eigenvalue weighted by Crippen LogP contribution is -2.71. The Morgan fingerprint density at radius 3 is 2.24 bits per heavy atom. The summed E-state index contributed by atoms with van der Waals surface area (Å²) in [5.74, 6) is -4.89. The lowest BCUT2D eigenvalue weighted by atomic mass is 9.96. The zero-order valence-electron chi connectivity index (χ0n) is 26.3. The third-order valence-corrected chi connectivity index (χ3v) is 9.51. The van der Waals surface area contributed by atoms with Crippen LogP contribution in [0.1, 0.15) is 34.8 Å². The number of carboxylic acids is 1. The van der Waals surface area contributed by atoms with Gasteiger partial charge in [-0.1, -0.05) is 36.4 Å². The second-order valence-electron chi connectivity index (χ2n) is 11.6. The minimum absolute atomic E-state index is 0.0328. The summed E-state index contributed by atoms with van der Waals surface area (Å²) in [5.41, 5.74) is 1.47. The highest BCUT2D eigenvalue weighted by atomic mass is 32.2. The first kappa shape index (κ1) is 34.3. The number of nitro groups is 1. The number of amides is 3. The molecule has 0 radical (unpaired) electrons. The summed E-state index contributed by atoms with van der Waals surface area (Å²) in [7, 11) is 1.64. The number of β-lactam (4-membered cyclic amide) rings is 1. The minimum atomic E-state index is -1.08. The number of carboxylic acid groups (broad SMARTS) is 1. The van der Waals surface area contributed by atoms with Crippen molar-refractivity contribution < 1.29 is 38.8 Å². The molecule has 16 heteroatoms. The van der Waals surface area contributed by atoms with E-state index in [1.165, 1.54) is 51.7 Å². The summed E-state index contributed by atoms with van der Waals surface area (Å²) in [6.07, 6.45) is 3.15. The predicted octanol–water partition coefficient (Wildman–Crippen LogP) is 3.25. The number of anilines is 1. The molecule has 3 amide bonds. The first-order valence-electron chi connectivity index (χ1n) is 14.7. The van der Waals surface area contributed by atoms with Gasteiger partial charge in [-0.2, -0.15) is 0 Å². The Bertz CT molecular complexity index is 1970. The Morgan fingerprint density at radius 1 is 0.939 bits per heavy atom. The average molecular weight is 687 g/mol. The molecular weight excluding hydrogens is 656 g/mol. The number of carbonyl (C=O) groups is 6. The molecule has 0 aliphatic carbocycles. The van der Waals surface area contributed by atoms with E-state index in [9.17, 15) is 44.0 Å². The maximum Gasteiger partial charge on any atom is 0.327 e. The number of aliphatic carboxylic acids is 1. The topological polar surface area (TPSA) is 214 Å². The molecule has 49 heavy (non-hydrogen) atoms. The molecule has 2 aromatic carbocycles. The molecular formula is C33H30N6O9S. The molecule has 0 saturated carbocycles. The van der Waals surface area contributed by atoms with Gasteiger partial charge in [0, 0.05) is 30.3 Å². The molecule has 2 fully saturated rings. The van der Waals surface area contributed by atoms with Crippen molar-refractivity contribution in [2.45, 2.75) is 36.1 Å². The van der Waals surface area contributed by atoms with Crippen molar-refractivity contribution in [1.29, 1.82) is 0 Å². The quantitative estimate of drug-likeness (QED) is 0.0663. The van der Waals surface area contributed by atoms with Crippen LogP contribution in [0.4, 0.5) is 11.4 Å². The number of nitro benzene ring substituents is 1. The molecule has 2 aliphatic rings. The fourth-order valence-electron chi connectivity index (χ4n) is 5.54. The third kappa shape index (κ3) is 6.85. The standard InChI is InChI=1S/C18H13N3O4.C15H17N3O5S/c22-17(15-7-4-10-19-15)18(23)20-14-9-8-13(11-16(14)21(24)25)12-5-2-1-3-6-12;1-15(2)10(14(22)23)18-12(21)8(13(18)24-15)16-11(20)9(19)7-5-4-6-17(7)3/h1-11,19H,(H,20,23);4-6,8,10,13H,1-3H3,(H,16,20)(H,22,23)/t;8-,10+,13-/m.1/s1. The van der Waals surface area contributed by atoms with E-state index in [1.807, 2.05) is 30.3 Å². The summed E-state index contributed by atoms with van der Waals surface area (Å²) >= 11 is 1.31. The van der Waals surface area contributed by atoms with Gasteiger partial charge >= 0.3 is 5.97 Å². The molecule has 4 aromatic rings. The molecule has 15 nitrogen and oxygen atoms in total. The van der Waals surface area contributed by atoms with E-state index in [-0.39, 0.29) is 22.8 Å². The summed E-state index contributed by atoms with van der Waals surface area (Å²) in [6, 6.07) is 17.9. The number of ketones is 2. The number of thioether (sulfide) groups is 1. The van der Waals surface area contributed by atoms with Gasteiger partial charge in [-0.3, -0.25) is 34.1 Å². The van der Waals surface area contributed by atoms with Crippen LogP contribution < -0.4 is 10.6 Å². The van der Waals surface area contributed by atoms with Crippen molar-refractivity contribution in [3.8, 4) is 11.1 Å². The number of rotatable bonds is 9. The number of hydrogen-bond donors (Lipinski definition) is 4. The molecule has 6 rings (SSSR count). The van der Waals surface area contributed by atoms with E-state index in [0.29, 0.717) is 5.56 Å². The highest BCUT2D eigenvalue weighted by Gasteiger charge is 2.64. The summed E-state index contributed by atoms with van der Waals surface area (Å²) in [4.78, 5) is 86.6. The van der Waals surface area contributed by atoms with Gasteiger partial charge < -0.3 is 30.2 Å². The number of nitrogens with zero attached hydrogens (tertiary/aromatic N) is 3. The molecule has 4 heterocycles. The number of H-pyrrole nitrogens is 1. The highest BCUT2D eigenvalue weighted by Crippen LogP contribution is 2.50. The SMILES string of the molecule is Cn1cccc1C(=O)C(=O)N[C@@H]1C(=O)N2[C@@H]1SC(C)(C)[C@@H]2C(=O)O.O=C(Nc1ccc(-c2ccccc2)cc1[N+](=O)[O-])C(=O)c1ccc[nH]1. The number of aromatic amines is 1. The second-order valence-corrected chi connectivity index (χ2v) is 13.4. The highest BCUT2D eigenvalue weighted by molar-refractivity contribution is 8.01. The van der Waals surface area contributed by atoms with E-state index in [2.05, 4.69) is 15.6 Å². The van der Waals surface area contributed by atoms with Crippen LogP contribution in [-0.4, -0.2) is 81.9 Å². The van der Waals surface area contributed by atoms with Gasteiger partial charge in [-0.05, 0) is 55.3 Å². The molecule has 3 atom stereocenters. The normalized spacial score (nSPS) is 18.6. The Hall–Kier alpha value is -6.03. The Balaban J connectivity index is 0.000000191. The lowest BCUT2D eigenvalue weighted by Gasteiger charge is -2.43. The van der Waals surface area contributed by atoms with Crippen LogP contribution in [-0.2, 0) is 26.2 Å². The van der Waals surface area contributed by atoms with Crippen LogP contribution in [0.3, 0.4) is 0 Å². The summed E-state index contributed by atoms with van der Waals surface area (Å²) < 4.78 is 0.846. The van der Waals surface area contributed by atoms with Gasteiger partial charge in [0.25, 0.3) is 29.1 Å². The van der Waals surface area contributed by atoms with Crippen molar-refractivity contribution in [2.75, 3.05) is 5.32 Å². The largest absolute Gasteiger partial charge is 0.480 e. The fourth-order valence-corrected chi connectivity index (χ4v) is 7.16. The zero-order chi connectivity index (χ0) is 35.6. The number of Topliss-reactive ketones (excluding diaryl/α,β-unsaturated/α-hetero) is 2. The fraction of sp³-hybridized carbons (Fsp3) is 0.212. The van der Waals surface area contributed by atoms with Crippen molar-refractivity contribution >= 4 is 58.4 Å². The van der Waals surface area contributed by atoms with Crippen LogP contribution in [0.15, 0.2) is 85.2 Å². The van der Waals surface area contributed by atoms with Crippen molar-refractivity contribution in [1.82, 2.24) is 19.8 Å². The van der Waals surface area contributed by atoms with E-state index in [0.717, 1.165) is 5.56 Å². The van der Waals surface area contributed by atoms with Crippen molar-refractivity contribution in [2.24, 2.45) is 7.05 Å². The van der Waals surface area contributed by atoms with Gasteiger partial charge in [0.1, 0.15) is 23.1 Å². The number of hydrogen-bond acceptors (Lipinski definition) is 9. The van der Waals surface area contributed by atoms with Crippen molar-refractivity contribution in [3.05, 3.63) is 107 Å². The lowest BCUT2D eigenvalue weighted by molar-refractivity contribution is -0.383. The van der Waals surface area contributed by atoms with Crippen LogP contribution in [0.2, 0.25) is 0 Å². The number of fused-ring (bicyclic) bond motifs is 1. The summed E-state index contributed by atoms with van der Waals surface area (Å²) in [5, 5.41) is 25.0. The minimum Gasteiger partial charge on any atom is -0.480 e. The number of aryl methyl sites for hydroxylation is 1. The van der Waals surface area contributed by atoms with Crippen molar-refractivity contribution in [3.63, 3.8) is 0 Å². The van der Waals surface area contributed by atoms with E-state index < -0.39 is 62.4 Å². The molecule has 252 valence electrons. The van der Waals surface area contributed by atoms with E-state index in [4.69, 9.17) is 0 Å².